The monoisotopic (exact) mass is 342 g/mol. The predicted octanol–water partition coefficient (Wildman–Crippen LogP) is 2.79. The summed E-state index contributed by atoms with van der Waals surface area (Å²) >= 11 is 3.43. The molecule has 4 nitrogen and oxygen atoms in total. The molecule has 0 aromatic heterocycles. The minimum atomic E-state index is -0.102. The number of methoxy groups -OCH3 is 1. The molecule has 0 aliphatic heterocycles. The van der Waals surface area contributed by atoms with E-state index in [9.17, 15) is 4.79 Å². The number of hydrogen-bond donors (Lipinski definition) is 1. The van der Waals surface area contributed by atoms with E-state index in [1.807, 2.05) is 32.0 Å². The van der Waals surface area contributed by atoms with Crippen LogP contribution in [0.25, 0.3) is 0 Å². The Bertz CT molecular complexity index is 463. The summed E-state index contributed by atoms with van der Waals surface area (Å²) < 4.78 is 6.28. The molecule has 0 aliphatic rings. The fourth-order valence-corrected chi connectivity index (χ4v) is 2.22. The fraction of sp³-hybridized carbons (Fsp3) is 0.533. The number of amides is 1. The van der Waals surface area contributed by atoms with Gasteiger partial charge in [-0.2, -0.15) is 0 Å². The van der Waals surface area contributed by atoms with Crippen LogP contribution >= 0.6 is 15.9 Å². The molecule has 1 unspecified atom stereocenters. The lowest BCUT2D eigenvalue weighted by Gasteiger charge is -2.22. The molecule has 20 heavy (non-hydrogen) atoms. The van der Waals surface area contributed by atoms with Gasteiger partial charge >= 0.3 is 0 Å². The third-order valence-electron chi connectivity index (χ3n) is 3.34. The highest BCUT2D eigenvalue weighted by atomic mass is 79.9. The summed E-state index contributed by atoms with van der Waals surface area (Å²) in [6.45, 7) is 4.55. The van der Waals surface area contributed by atoms with Crippen molar-refractivity contribution >= 4 is 21.8 Å². The van der Waals surface area contributed by atoms with Crippen LogP contribution in [0.4, 0.5) is 0 Å². The second-order valence-corrected chi connectivity index (χ2v) is 6.23. The Morgan fingerprint density at radius 3 is 2.65 bits per heavy atom. The number of carbonyl (C=O) groups excluding carboxylic acids is 1. The molecule has 0 spiro atoms. The molecule has 1 aromatic carbocycles. The maximum Gasteiger partial charge on any atom is 0.224 e. The molecule has 1 rings (SSSR count). The minimum absolute atomic E-state index is 0.0493. The van der Waals surface area contributed by atoms with Crippen molar-refractivity contribution in [3.05, 3.63) is 28.2 Å². The molecule has 5 heteroatoms. The number of nitrogens with zero attached hydrogens (tertiary/aromatic N) is 1. The average Bonchev–Trinajstić information content (AvgIpc) is 2.38. The first-order valence-electron chi connectivity index (χ1n) is 6.67. The van der Waals surface area contributed by atoms with Gasteiger partial charge in [-0.25, -0.2) is 0 Å². The van der Waals surface area contributed by atoms with E-state index in [1.54, 1.807) is 19.1 Å². The third-order valence-corrected chi connectivity index (χ3v) is 3.84. The Balaban J connectivity index is 2.72. The van der Waals surface area contributed by atoms with E-state index in [0.29, 0.717) is 18.9 Å². The lowest BCUT2D eigenvalue weighted by Crippen LogP contribution is -2.35. The second-order valence-electron chi connectivity index (χ2n) is 5.32. The van der Waals surface area contributed by atoms with E-state index in [4.69, 9.17) is 10.5 Å². The maximum atomic E-state index is 12.1. The quantitative estimate of drug-likeness (QED) is 0.864. The van der Waals surface area contributed by atoms with E-state index in [0.717, 1.165) is 15.8 Å². The number of nitrogens with two attached hydrogens (primary N) is 1. The number of carbonyl (C=O) groups is 1. The van der Waals surface area contributed by atoms with Crippen LogP contribution in [0.2, 0.25) is 0 Å². The Kier molecular flexibility index (Phi) is 6.49. The van der Waals surface area contributed by atoms with Crippen LogP contribution in [0.1, 0.15) is 25.8 Å². The van der Waals surface area contributed by atoms with Gasteiger partial charge in [0.05, 0.1) is 7.11 Å². The molecule has 0 heterocycles. The molecule has 0 bridgehead atoms. The first-order valence-corrected chi connectivity index (χ1v) is 7.46. The summed E-state index contributed by atoms with van der Waals surface area (Å²) in [6, 6.07) is 5.66. The number of halogens is 1. The zero-order valence-electron chi connectivity index (χ0n) is 12.5. The van der Waals surface area contributed by atoms with Crippen LogP contribution in [-0.4, -0.2) is 31.0 Å². The van der Waals surface area contributed by atoms with Gasteiger partial charge in [0.1, 0.15) is 5.75 Å². The topological polar surface area (TPSA) is 55.6 Å². The van der Waals surface area contributed by atoms with E-state index in [2.05, 4.69) is 15.9 Å². The summed E-state index contributed by atoms with van der Waals surface area (Å²) in [7, 11) is 3.42. The van der Waals surface area contributed by atoms with Gasteiger partial charge in [-0.1, -0.05) is 29.8 Å². The van der Waals surface area contributed by atoms with Crippen molar-refractivity contribution in [3.63, 3.8) is 0 Å². The van der Waals surface area contributed by atoms with Crippen molar-refractivity contribution in [3.8, 4) is 5.75 Å². The molecular weight excluding hydrogens is 320 g/mol. The highest BCUT2D eigenvalue weighted by Crippen LogP contribution is 2.24. The van der Waals surface area contributed by atoms with Crippen LogP contribution < -0.4 is 10.5 Å². The number of benzene rings is 1. The fourth-order valence-electron chi connectivity index (χ4n) is 1.81. The highest BCUT2D eigenvalue weighted by molar-refractivity contribution is 9.10. The van der Waals surface area contributed by atoms with Gasteiger partial charge in [0, 0.05) is 36.1 Å². The Morgan fingerprint density at radius 2 is 2.10 bits per heavy atom. The van der Waals surface area contributed by atoms with Crippen molar-refractivity contribution < 1.29 is 9.53 Å². The summed E-state index contributed by atoms with van der Waals surface area (Å²) in [5.41, 5.74) is 6.92. The minimum Gasteiger partial charge on any atom is -0.496 e. The Labute approximate surface area is 129 Å². The molecule has 2 N–H and O–H groups in total. The molecular formula is C15H23BrN2O2. The number of rotatable bonds is 6. The van der Waals surface area contributed by atoms with Gasteiger partial charge in [-0.15, -0.1) is 0 Å². The molecule has 112 valence electrons. The molecule has 0 fully saturated rings. The van der Waals surface area contributed by atoms with Crippen molar-refractivity contribution in [2.45, 2.75) is 32.9 Å². The molecule has 0 aliphatic carbocycles. The van der Waals surface area contributed by atoms with E-state index in [1.165, 1.54) is 0 Å². The normalized spacial score (nSPS) is 12.3. The van der Waals surface area contributed by atoms with Crippen LogP contribution in [0.15, 0.2) is 22.7 Å². The number of hydrogen-bond acceptors (Lipinski definition) is 3. The first kappa shape index (κ1) is 17.0. The summed E-state index contributed by atoms with van der Waals surface area (Å²) in [6.07, 6.45) is 0.366. The number of ether oxygens (including phenoxy) is 1. The van der Waals surface area contributed by atoms with E-state index < -0.39 is 0 Å². The van der Waals surface area contributed by atoms with Crippen molar-refractivity contribution in [1.29, 1.82) is 0 Å². The first-order chi connectivity index (χ1) is 9.35. The van der Waals surface area contributed by atoms with Crippen LogP contribution in [0.3, 0.4) is 0 Å². The average molecular weight is 343 g/mol. The third kappa shape index (κ3) is 4.80. The molecule has 0 saturated carbocycles. The Hall–Kier alpha value is -1.07. The SMILES string of the molecule is COc1ccc(Br)cc1CN(C)C(=O)CC(N)C(C)C. The van der Waals surface area contributed by atoms with Crippen LogP contribution in [-0.2, 0) is 11.3 Å². The van der Waals surface area contributed by atoms with Gasteiger partial charge < -0.3 is 15.4 Å². The second kappa shape index (κ2) is 7.64. The summed E-state index contributed by atoms with van der Waals surface area (Å²) in [5, 5.41) is 0. The predicted molar refractivity (Wildman–Crippen MR) is 84.6 cm³/mol. The molecule has 1 amide bonds. The molecule has 0 radical (unpaired) electrons. The zero-order chi connectivity index (χ0) is 15.3. The largest absolute Gasteiger partial charge is 0.496 e. The van der Waals surface area contributed by atoms with Crippen molar-refractivity contribution in [2.24, 2.45) is 11.7 Å². The van der Waals surface area contributed by atoms with Gasteiger partial charge in [0.25, 0.3) is 0 Å². The lowest BCUT2D eigenvalue weighted by atomic mass is 10.0. The molecule has 1 aromatic rings. The summed E-state index contributed by atoms with van der Waals surface area (Å²) in [5.74, 6) is 1.13. The van der Waals surface area contributed by atoms with Gasteiger partial charge in [0.2, 0.25) is 5.91 Å². The smallest absolute Gasteiger partial charge is 0.224 e. The summed E-state index contributed by atoms with van der Waals surface area (Å²) in [4.78, 5) is 13.8. The van der Waals surface area contributed by atoms with Gasteiger partial charge in [0.15, 0.2) is 0 Å². The van der Waals surface area contributed by atoms with E-state index in [-0.39, 0.29) is 11.9 Å². The maximum absolute atomic E-state index is 12.1. The van der Waals surface area contributed by atoms with Crippen LogP contribution in [0.5, 0.6) is 5.75 Å². The van der Waals surface area contributed by atoms with E-state index >= 15 is 0 Å². The van der Waals surface area contributed by atoms with Crippen molar-refractivity contribution in [2.75, 3.05) is 14.2 Å². The standard InChI is InChI=1S/C15H23BrN2O2/c1-10(2)13(17)8-15(19)18(3)9-11-7-12(16)5-6-14(11)20-4/h5-7,10,13H,8-9,17H2,1-4H3. The Morgan fingerprint density at radius 1 is 1.45 bits per heavy atom. The van der Waals surface area contributed by atoms with Gasteiger partial charge in [-0.05, 0) is 24.1 Å². The van der Waals surface area contributed by atoms with Gasteiger partial charge in [-0.3, -0.25) is 4.79 Å². The molecule has 0 saturated heterocycles. The zero-order valence-corrected chi connectivity index (χ0v) is 14.1. The molecule has 1 atom stereocenters. The highest BCUT2D eigenvalue weighted by Gasteiger charge is 2.17. The van der Waals surface area contributed by atoms with Crippen molar-refractivity contribution in [1.82, 2.24) is 4.90 Å². The van der Waals surface area contributed by atoms with Crippen LogP contribution in [0, 0.1) is 5.92 Å². The lowest BCUT2D eigenvalue weighted by molar-refractivity contribution is -0.131.